The average Bonchev–Trinajstić information content (AvgIpc) is 2.32. The van der Waals surface area contributed by atoms with Crippen LogP contribution in [-0.2, 0) is 18.6 Å². The van der Waals surface area contributed by atoms with Gasteiger partial charge in [0.15, 0.2) is 12.6 Å². The summed E-state index contributed by atoms with van der Waals surface area (Å²) in [6, 6.07) is 0. The van der Waals surface area contributed by atoms with Gasteiger partial charge in [-0.1, -0.05) is 0 Å². The molecule has 1 heterocycles. The van der Waals surface area contributed by atoms with Crippen LogP contribution in [0.15, 0.2) is 0 Å². The molecule has 0 spiro atoms. The highest BCUT2D eigenvalue weighted by Crippen LogP contribution is 2.39. The lowest BCUT2D eigenvalue weighted by Gasteiger charge is -2.10. The summed E-state index contributed by atoms with van der Waals surface area (Å²) < 4.78 is 23.8. The number of phosphoric acid groups is 1. The molecule has 0 aromatic heterocycles. The minimum atomic E-state index is -4.54. The maximum Gasteiger partial charge on any atom is 0.472 e. The highest BCUT2D eigenvalue weighted by molar-refractivity contribution is 7.46. The number of hydrogen-bond donors (Lipinski definition) is 3. The van der Waals surface area contributed by atoms with E-state index >= 15 is 0 Å². The second kappa shape index (κ2) is 3.80. The van der Waals surface area contributed by atoms with Crippen molar-refractivity contribution in [3.63, 3.8) is 0 Å². The number of aliphatic hydroxyl groups excluding tert-OH is 1. The van der Waals surface area contributed by atoms with Gasteiger partial charge in [0.1, 0.15) is 6.61 Å². The molecule has 1 aliphatic heterocycles. The summed E-state index contributed by atoms with van der Waals surface area (Å²) in [6.45, 7) is -0.475. The van der Waals surface area contributed by atoms with E-state index in [9.17, 15) is 4.57 Å². The smallest absolute Gasteiger partial charge is 0.391 e. The molecule has 72 valence electrons. The second-order valence-electron chi connectivity index (χ2n) is 2.11. The van der Waals surface area contributed by atoms with Gasteiger partial charge >= 0.3 is 7.82 Å². The van der Waals surface area contributed by atoms with Gasteiger partial charge in [-0.3, -0.25) is 4.52 Å². The van der Waals surface area contributed by atoms with Crippen molar-refractivity contribution in [2.24, 2.45) is 0 Å². The number of ether oxygens (including phenoxy) is 2. The van der Waals surface area contributed by atoms with Crippen molar-refractivity contribution in [3.8, 4) is 0 Å². The molecule has 1 fully saturated rings. The van der Waals surface area contributed by atoms with Gasteiger partial charge in [-0.05, 0) is 0 Å². The third-order valence-electron chi connectivity index (χ3n) is 1.13. The number of hydrogen-bond acceptors (Lipinski definition) is 5. The first kappa shape index (κ1) is 10.1. The summed E-state index contributed by atoms with van der Waals surface area (Å²) in [5.41, 5.74) is 0. The van der Waals surface area contributed by atoms with Crippen LogP contribution < -0.4 is 0 Å². The SMILES string of the molecule is O=P(O)(O)O[C@H]1CO[C@@H](CO)O1. The molecular formula is C4H9O7P. The first-order chi connectivity index (χ1) is 5.51. The van der Waals surface area contributed by atoms with Gasteiger partial charge < -0.3 is 24.4 Å². The zero-order valence-corrected chi connectivity index (χ0v) is 6.89. The van der Waals surface area contributed by atoms with Crippen LogP contribution in [0.2, 0.25) is 0 Å². The van der Waals surface area contributed by atoms with Gasteiger partial charge in [0.2, 0.25) is 0 Å². The normalized spacial score (nSPS) is 30.9. The van der Waals surface area contributed by atoms with Crippen LogP contribution in [0.3, 0.4) is 0 Å². The van der Waals surface area contributed by atoms with Crippen molar-refractivity contribution < 1.29 is 33.5 Å². The van der Waals surface area contributed by atoms with Crippen molar-refractivity contribution in [1.82, 2.24) is 0 Å². The fourth-order valence-electron chi connectivity index (χ4n) is 0.738. The zero-order valence-electron chi connectivity index (χ0n) is 5.99. The van der Waals surface area contributed by atoms with Crippen molar-refractivity contribution in [2.45, 2.75) is 12.6 Å². The molecule has 8 heteroatoms. The first-order valence-corrected chi connectivity index (χ1v) is 4.66. The zero-order chi connectivity index (χ0) is 9.19. The Labute approximate surface area is 68.1 Å². The fraction of sp³-hybridized carbons (Fsp3) is 1.00. The predicted molar refractivity (Wildman–Crippen MR) is 34.8 cm³/mol. The molecule has 1 aliphatic rings. The van der Waals surface area contributed by atoms with Crippen LogP contribution in [-0.4, -0.2) is 40.7 Å². The van der Waals surface area contributed by atoms with E-state index in [2.05, 4.69) is 4.52 Å². The summed E-state index contributed by atoms with van der Waals surface area (Å²) in [7, 11) is -4.54. The van der Waals surface area contributed by atoms with Crippen LogP contribution in [0.1, 0.15) is 0 Å². The molecule has 0 aliphatic carbocycles. The van der Waals surface area contributed by atoms with Gasteiger partial charge in [0.05, 0.1) is 6.61 Å². The van der Waals surface area contributed by atoms with E-state index in [-0.39, 0.29) is 13.2 Å². The van der Waals surface area contributed by atoms with Crippen LogP contribution in [0.5, 0.6) is 0 Å². The van der Waals surface area contributed by atoms with Crippen molar-refractivity contribution in [3.05, 3.63) is 0 Å². The third kappa shape index (κ3) is 3.16. The first-order valence-electron chi connectivity index (χ1n) is 3.13. The van der Waals surface area contributed by atoms with E-state index in [0.717, 1.165) is 0 Å². The van der Waals surface area contributed by atoms with Gasteiger partial charge in [-0.25, -0.2) is 4.57 Å². The largest absolute Gasteiger partial charge is 0.472 e. The summed E-state index contributed by atoms with van der Waals surface area (Å²) in [4.78, 5) is 16.7. The Morgan fingerprint density at radius 3 is 2.67 bits per heavy atom. The van der Waals surface area contributed by atoms with Gasteiger partial charge in [-0.2, -0.15) is 0 Å². The van der Waals surface area contributed by atoms with E-state index < -0.39 is 20.4 Å². The van der Waals surface area contributed by atoms with Crippen LogP contribution in [0, 0.1) is 0 Å². The van der Waals surface area contributed by atoms with Crippen molar-refractivity contribution in [2.75, 3.05) is 13.2 Å². The molecule has 2 atom stereocenters. The molecular weight excluding hydrogens is 191 g/mol. The van der Waals surface area contributed by atoms with Crippen molar-refractivity contribution in [1.29, 1.82) is 0 Å². The molecule has 0 amide bonds. The topological polar surface area (TPSA) is 105 Å². The van der Waals surface area contributed by atoms with E-state index in [0.29, 0.717) is 0 Å². The minimum Gasteiger partial charge on any atom is -0.391 e. The third-order valence-corrected chi connectivity index (χ3v) is 1.64. The lowest BCUT2D eigenvalue weighted by molar-refractivity contribution is -0.128. The number of rotatable bonds is 3. The summed E-state index contributed by atoms with van der Waals surface area (Å²) in [5, 5.41) is 8.48. The molecule has 1 rings (SSSR count). The quantitative estimate of drug-likeness (QED) is 0.490. The summed E-state index contributed by atoms with van der Waals surface area (Å²) in [5.74, 6) is 0. The van der Waals surface area contributed by atoms with Crippen molar-refractivity contribution >= 4 is 7.82 Å². The molecule has 0 bridgehead atoms. The Balaban J connectivity index is 2.33. The fourth-order valence-corrected chi connectivity index (χ4v) is 1.15. The highest BCUT2D eigenvalue weighted by atomic mass is 31.2. The molecule has 0 radical (unpaired) electrons. The molecule has 0 unspecified atom stereocenters. The van der Waals surface area contributed by atoms with Crippen LogP contribution >= 0.6 is 7.82 Å². The molecule has 3 N–H and O–H groups in total. The number of phosphoric ester groups is 1. The van der Waals surface area contributed by atoms with E-state index in [1.807, 2.05) is 0 Å². The Kier molecular flexibility index (Phi) is 3.19. The van der Waals surface area contributed by atoms with Gasteiger partial charge in [0.25, 0.3) is 0 Å². The maximum absolute atomic E-state index is 10.3. The molecule has 0 saturated carbocycles. The lowest BCUT2D eigenvalue weighted by atomic mass is 10.7. The Morgan fingerprint density at radius 2 is 2.25 bits per heavy atom. The van der Waals surface area contributed by atoms with Crippen LogP contribution in [0.4, 0.5) is 0 Å². The summed E-state index contributed by atoms with van der Waals surface area (Å²) in [6.07, 6.45) is -1.97. The Hall–Kier alpha value is -0.0100. The Bertz CT molecular complexity index is 188. The lowest BCUT2D eigenvalue weighted by Crippen LogP contribution is -2.17. The number of aliphatic hydroxyl groups is 1. The molecule has 7 nitrogen and oxygen atoms in total. The molecule has 12 heavy (non-hydrogen) atoms. The standard InChI is InChI=1S/C4H9O7P/c5-1-3-9-2-4(10-3)11-12(6,7)8/h3-5H,1-2H2,(H2,6,7,8)/t3-,4+/m1/s1. The monoisotopic (exact) mass is 200 g/mol. The van der Waals surface area contributed by atoms with Gasteiger partial charge in [0, 0.05) is 0 Å². The molecule has 0 aromatic carbocycles. The van der Waals surface area contributed by atoms with E-state index in [1.165, 1.54) is 0 Å². The van der Waals surface area contributed by atoms with Gasteiger partial charge in [-0.15, -0.1) is 0 Å². The second-order valence-corrected chi connectivity index (χ2v) is 3.30. The maximum atomic E-state index is 10.3. The van der Waals surface area contributed by atoms with E-state index in [4.69, 9.17) is 24.4 Å². The molecule has 1 saturated heterocycles. The predicted octanol–water partition coefficient (Wildman–Crippen LogP) is -1.21. The average molecular weight is 200 g/mol. The van der Waals surface area contributed by atoms with Crippen LogP contribution in [0.25, 0.3) is 0 Å². The molecule has 0 aromatic rings. The summed E-state index contributed by atoms with van der Waals surface area (Å²) >= 11 is 0. The highest BCUT2D eigenvalue weighted by Gasteiger charge is 2.31. The van der Waals surface area contributed by atoms with E-state index in [1.54, 1.807) is 0 Å². The minimum absolute atomic E-state index is 0.101. The Morgan fingerprint density at radius 1 is 1.58 bits per heavy atom.